The number of hydrogen-bond donors (Lipinski definition) is 2. The minimum Gasteiger partial charge on any atom is -0.497 e. The highest BCUT2D eigenvalue weighted by Crippen LogP contribution is 2.26. The van der Waals surface area contributed by atoms with E-state index in [4.69, 9.17) is 9.47 Å². The summed E-state index contributed by atoms with van der Waals surface area (Å²) in [5.74, 6) is 6.29. The molecule has 1 saturated heterocycles. The molecule has 0 radical (unpaired) electrons. The Morgan fingerprint density at radius 3 is 2.51 bits per heavy atom. The third-order valence-electron chi connectivity index (χ3n) is 6.30. The highest BCUT2D eigenvalue weighted by molar-refractivity contribution is 5.94. The fourth-order valence-electron chi connectivity index (χ4n) is 4.35. The molecule has 8 nitrogen and oxygen atoms in total. The van der Waals surface area contributed by atoms with E-state index in [-0.39, 0.29) is 17.9 Å². The van der Waals surface area contributed by atoms with Gasteiger partial charge in [-0.3, -0.25) is 4.79 Å². The van der Waals surface area contributed by atoms with Crippen LogP contribution in [0.3, 0.4) is 0 Å². The molecule has 0 aliphatic carbocycles. The van der Waals surface area contributed by atoms with Gasteiger partial charge in [-0.1, -0.05) is 42.2 Å². The number of methoxy groups -OCH3 is 1. The van der Waals surface area contributed by atoms with Crippen molar-refractivity contribution in [1.29, 1.82) is 0 Å². The number of rotatable bonds is 7. The molecular formula is C31H31N3O5. The van der Waals surface area contributed by atoms with Crippen LogP contribution in [0.25, 0.3) is 0 Å². The van der Waals surface area contributed by atoms with Crippen LogP contribution >= 0.6 is 0 Å². The van der Waals surface area contributed by atoms with Gasteiger partial charge in [-0.05, 0) is 73.9 Å². The predicted molar refractivity (Wildman–Crippen MR) is 148 cm³/mol. The molecule has 3 amide bonds. The zero-order chi connectivity index (χ0) is 27.6. The van der Waals surface area contributed by atoms with E-state index in [0.29, 0.717) is 35.7 Å². The zero-order valence-electron chi connectivity index (χ0n) is 22.0. The number of anilines is 1. The van der Waals surface area contributed by atoms with Gasteiger partial charge in [0.25, 0.3) is 5.91 Å². The lowest BCUT2D eigenvalue weighted by Crippen LogP contribution is -2.45. The van der Waals surface area contributed by atoms with Crippen molar-refractivity contribution >= 4 is 23.6 Å². The first-order chi connectivity index (χ1) is 19.0. The number of esters is 1. The van der Waals surface area contributed by atoms with Crippen LogP contribution in [0, 0.1) is 11.8 Å². The van der Waals surface area contributed by atoms with E-state index < -0.39 is 12.1 Å². The fourth-order valence-corrected chi connectivity index (χ4v) is 4.35. The summed E-state index contributed by atoms with van der Waals surface area (Å²) in [6.07, 6.45) is 1.52. The van der Waals surface area contributed by atoms with E-state index in [2.05, 4.69) is 22.5 Å². The van der Waals surface area contributed by atoms with E-state index >= 15 is 0 Å². The van der Waals surface area contributed by atoms with E-state index in [1.54, 1.807) is 79.6 Å². The van der Waals surface area contributed by atoms with Crippen LogP contribution in [0.4, 0.5) is 10.5 Å². The summed E-state index contributed by atoms with van der Waals surface area (Å²) < 4.78 is 10.4. The van der Waals surface area contributed by atoms with Crippen molar-refractivity contribution < 1.29 is 23.9 Å². The maximum atomic E-state index is 13.9. The van der Waals surface area contributed by atoms with Gasteiger partial charge in [0.05, 0.1) is 25.3 Å². The number of nitrogens with zero attached hydrogens (tertiary/aromatic N) is 1. The van der Waals surface area contributed by atoms with Gasteiger partial charge in [-0.25, -0.2) is 9.59 Å². The molecule has 39 heavy (non-hydrogen) atoms. The highest BCUT2D eigenvalue weighted by atomic mass is 16.5. The summed E-state index contributed by atoms with van der Waals surface area (Å²) in [6.45, 7) is 2.60. The van der Waals surface area contributed by atoms with Crippen LogP contribution in [0.1, 0.15) is 47.3 Å². The number of para-hydroxylation sites is 1. The lowest BCUT2D eigenvalue weighted by Gasteiger charge is -2.27. The second-order valence-corrected chi connectivity index (χ2v) is 8.93. The maximum absolute atomic E-state index is 13.9. The van der Waals surface area contributed by atoms with Gasteiger partial charge in [0, 0.05) is 17.8 Å². The summed E-state index contributed by atoms with van der Waals surface area (Å²) in [6, 6.07) is 21.3. The molecular weight excluding hydrogens is 494 g/mol. The quantitative estimate of drug-likeness (QED) is 0.342. The molecule has 0 aromatic heterocycles. The van der Waals surface area contributed by atoms with Crippen LogP contribution < -0.4 is 15.4 Å². The molecule has 1 heterocycles. The smallest absolute Gasteiger partial charge is 0.338 e. The van der Waals surface area contributed by atoms with Gasteiger partial charge in [-0.15, -0.1) is 0 Å². The number of ether oxygens (including phenoxy) is 2. The van der Waals surface area contributed by atoms with Crippen LogP contribution in [-0.2, 0) is 9.53 Å². The fraction of sp³-hybridized carbons (Fsp3) is 0.258. The van der Waals surface area contributed by atoms with Gasteiger partial charge in [0.1, 0.15) is 11.8 Å². The van der Waals surface area contributed by atoms with Crippen molar-refractivity contribution in [2.45, 2.75) is 31.8 Å². The molecule has 2 unspecified atom stereocenters. The molecule has 0 saturated carbocycles. The van der Waals surface area contributed by atoms with Crippen LogP contribution in [0.5, 0.6) is 5.75 Å². The maximum Gasteiger partial charge on any atom is 0.338 e. The Kier molecular flexibility index (Phi) is 9.20. The number of carbonyl (C=O) groups excluding carboxylic acids is 3. The highest BCUT2D eigenvalue weighted by Gasteiger charge is 2.34. The Bertz CT molecular complexity index is 1360. The number of likely N-dealkylation sites (tertiary alicyclic amines) is 1. The van der Waals surface area contributed by atoms with Gasteiger partial charge in [0.2, 0.25) is 0 Å². The van der Waals surface area contributed by atoms with E-state index in [0.717, 1.165) is 18.4 Å². The largest absolute Gasteiger partial charge is 0.497 e. The number of urea groups is 1. The van der Waals surface area contributed by atoms with Gasteiger partial charge >= 0.3 is 12.0 Å². The van der Waals surface area contributed by atoms with Crippen molar-refractivity contribution in [2.75, 3.05) is 25.6 Å². The number of carbonyl (C=O) groups is 3. The molecule has 2 atom stereocenters. The number of nitrogens with one attached hydrogen (secondary N) is 2. The summed E-state index contributed by atoms with van der Waals surface area (Å²) in [4.78, 5) is 40.4. The van der Waals surface area contributed by atoms with Crippen LogP contribution in [0.2, 0.25) is 0 Å². The molecule has 0 spiro atoms. The predicted octanol–water partition coefficient (Wildman–Crippen LogP) is 4.78. The standard InChI is InChI=1S/C31H31N3O5/c1-3-39-30(36)23-17-14-22(15-18-23)16-19-26-12-8-20-34(26)29(35)28(24-9-7-13-27(21-24)38-2)33-31(37)32-25-10-5-4-6-11-25/h4-7,9-11,13-15,17-18,21,26,28H,3,8,12,20H2,1-2H3,(H2,32,33,37). The minimum atomic E-state index is -0.935. The Hall–Kier alpha value is -4.77. The molecule has 2 N–H and O–H groups in total. The number of amides is 3. The van der Waals surface area contributed by atoms with E-state index in [1.807, 2.05) is 18.2 Å². The van der Waals surface area contributed by atoms with Gasteiger partial charge in [0.15, 0.2) is 0 Å². The second-order valence-electron chi connectivity index (χ2n) is 8.93. The Morgan fingerprint density at radius 1 is 1.03 bits per heavy atom. The van der Waals surface area contributed by atoms with Crippen molar-refractivity contribution in [3.63, 3.8) is 0 Å². The normalized spacial score (nSPS) is 14.9. The first-order valence-corrected chi connectivity index (χ1v) is 12.8. The van der Waals surface area contributed by atoms with Crippen molar-refractivity contribution in [3.8, 4) is 17.6 Å². The Morgan fingerprint density at radius 2 is 1.79 bits per heavy atom. The molecule has 4 rings (SSSR count). The Labute approximate surface area is 228 Å². The topological polar surface area (TPSA) is 97.0 Å². The van der Waals surface area contributed by atoms with Crippen molar-refractivity contribution in [1.82, 2.24) is 10.2 Å². The van der Waals surface area contributed by atoms with E-state index in [9.17, 15) is 14.4 Å². The van der Waals surface area contributed by atoms with Gasteiger partial charge in [-0.2, -0.15) is 0 Å². The molecule has 1 aliphatic heterocycles. The lowest BCUT2D eigenvalue weighted by atomic mass is 10.0. The first-order valence-electron chi connectivity index (χ1n) is 12.8. The molecule has 8 heteroatoms. The lowest BCUT2D eigenvalue weighted by molar-refractivity contribution is -0.133. The second kappa shape index (κ2) is 13.2. The molecule has 3 aromatic rings. The average molecular weight is 526 g/mol. The summed E-state index contributed by atoms with van der Waals surface area (Å²) in [7, 11) is 1.55. The summed E-state index contributed by atoms with van der Waals surface area (Å²) in [5.41, 5.74) is 2.41. The van der Waals surface area contributed by atoms with Gasteiger partial charge < -0.3 is 25.0 Å². The molecule has 1 fully saturated rings. The number of benzene rings is 3. The summed E-state index contributed by atoms with van der Waals surface area (Å²) >= 11 is 0. The average Bonchev–Trinajstić information content (AvgIpc) is 3.44. The molecule has 200 valence electrons. The minimum absolute atomic E-state index is 0.249. The molecule has 0 bridgehead atoms. The van der Waals surface area contributed by atoms with Crippen molar-refractivity contribution in [3.05, 3.63) is 95.6 Å². The monoisotopic (exact) mass is 525 g/mol. The zero-order valence-corrected chi connectivity index (χ0v) is 22.0. The van der Waals surface area contributed by atoms with Crippen LogP contribution in [0.15, 0.2) is 78.9 Å². The third kappa shape index (κ3) is 7.17. The van der Waals surface area contributed by atoms with E-state index in [1.165, 1.54) is 0 Å². The SMILES string of the molecule is CCOC(=O)c1ccc(C#CC2CCCN2C(=O)C(NC(=O)Nc2ccccc2)c2cccc(OC)c2)cc1. The van der Waals surface area contributed by atoms with Crippen molar-refractivity contribution in [2.24, 2.45) is 0 Å². The van der Waals surface area contributed by atoms with Crippen LogP contribution in [-0.4, -0.2) is 49.1 Å². The first kappa shape index (κ1) is 27.3. The number of hydrogen-bond acceptors (Lipinski definition) is 5. The Balaban J connectivity index is 1.53. The molecule has 3 aromatic carbocycles. The molecule has 1 aliphatic rings. The third-order valence-corrected chi connectivity index (χ3v) is 6.30. The summed E-state index contributed by atoms with van der Waals surface area (Å²) in [5, 5.41) is 5.62.